The molecule has 0 aromatic heterocycles. The Hall–Kier alpha value is 1.24. The Morgan fingerprint density at radius 3 is 1.45 bits per heavy atom. The minimum absolute atomic E-state index is 0.0870. The SMILES string of the molecule is CCC[CH2][SnH][CH](S)COC(=O)CCCCCCCC(=O)OC[CH](S)[SnH][CH2]CCC. The van der Waals surface area contributed by atoms with Gasteiger partial charge in [-0.2, -0.15) is 0 Å². The summed E-state index contributed by atoms with van der Waals surface area (Å²) in [7, 11) is 0. The first kappa shape index (κ1) is 30.2. The van der Waals surface area contributed by atoms with Crippen molar-refractivity contribution in [3.8, 4) is 0 Å². The normalized spacial score (nSPS) is 13.1. The number of carbonyl (C=O) groups is 2. The van der Waals surface area contributed by atoms with Crippen LogP contribution in [0.3, 0.4) is 0 Å². The fraction of sp³-hybridized carbons (Fsp3) is 0.905. The van der Waals surface area contributed by atoms with Crippen molar-refractivity contribution in [2.45, 2.75) is 99.9 Å². The fourth-order valence-corrected chi connectivity index (χ4v) is 12.1. The molecular formula is C21H42O4S2Sn2. The molecule has 2 unspecified atom stereocenters. The van der Waals surface area contributed by atoms with Gasteiger partial charge in [-0.1, -0.05) is 0 Å². The van der Waals surface area contributed by atoms with Crippen molar-refractivity contribution in [2.75, 3.05) is 13.2 Å². The Kier molecular flexibility index (Phi) is 23.4. The molecule has 2 radical (unpaired) electrons. The number of hydrogen-bond donors (Lipinski definition) is 2. The Bertz CT molecular complexity index is 378. The molecule has 0 bridgehead atoms. The van der Waals surface area contributed by atoms with Crippen LogP contribution in [0.4, 0.5) is 0 Å². The van der Waals surface area contributed by atoms with Crippen LogP contribution in [-0.2, 0) is 19.1 Å². The topological polar surface area (TPSA) is 52.6 Å². The van der Waals surface area contributed by atoms with Gasteiger partial charge in [0.1, 0.15) is 0 Å². The van der Waals surface area contributed by atoms with Gasteiger partial charge in [0.2, 0.25) is 0 Å². The van der Waals surface area contributed by atoms with Crippen LogP contribution in [0.2, 0.25) is 8.87 Å². The third-order valence-electron chi connectivity index (χ3n) is 4.58. The Balaban J connectivity index is 3.46. The first-order valence-electron chi connectivity index (χ1n) is 11.3. The first-order valence-corrected chi connectivity index (χ1v) is 20.8. The van der Waals surface area contributed by atoms with Crippen molar-refractivity contribution in [2.24, 2.45) is 0 Å². The molecule has 0 aliphatic carbocycles. The van der Waals surface area contributed by atoms with Crippen molar-refractivity contribution in [1.82, 2.24) is 0 Å². The summed E-state index contributed by atoms with van der Waals surface area (Å²) >= 11 is 7.76. The van der Waals surface area contributed by atoms with Crippen LogP contribution >= 0.6 is 25.3 Å². The maximum absolute atomic E-state index is 11.8. The quantitative estimate of drug-likeness (QED) is 0.0867. The summed E-state index contributed by atoms with van der Waals surface area (Å²) in [6.45, 7) is 5.42. The number of unbranched alkanes of at least 4 members (excludes halogenated alkanes) is 6. The molecule has 0 heterocycles. The van der Waals surface area contributed by atoms with Gasteiger partial charge in [0.15, 0.2) is 0 Å². The average Bonchev–Trinajstić information content (AvgIpc) is 2.70. The zero-order valence-electron chi connectivity index (χ0n) is 18.4. The molecule has 2 atom stereocenters. The van der Waals surface area contributed by atoms with E-state index in [0.29, 0.717) is 32.6 Å². The van der Waals surface area contributed by atoms with Gasteiger partial charge in [0.05, 0.1) is 0 Å². The van der Waals surface area contributed by atoms with Crippen LogP contribution in [0, 0.1) is 0 Å². The summed E-state index contributed by atoms with van der Waals surface area (Å²) in [5.74, 6) is -0.174. The molecule has 0 spiro atoms. The Labute approximate surface area is 210 Å². The van der Waals surface area contributed by atoms with Crippen LogP contribution < -0.4 is 0 Å². The summed E-state index contributed by atoms with van der Waals surface area (Å²) < 4.78 is 14.0. The van der Waals surface area contributed by atoms with Crippen LogP contribution in [0.15, 0.2) is 0 Å². The van der Waals surface area contributed by atoms with Crippen molar-refractivity contribution in [1.29, 1.82) is 0 Å². The molecule has 0 aromatic rings. The second-order valence-electron chi connectivity index (χ2n) is 7.52. The van der Waals surface area contributed by atoms with Gasteiger partial charge in [0.25, 0.3) is 0 Å². The molecule has 0 saturated carbocycles. The Morgan fingerprint density at radius 2 is 1.07 bits per heavy atom. The molecule has 0 aliphatic rings. The van der Waals surface area contributed by atoms with Gasteiger partial charge < -0.3 is 0 Å². The second kappa shape index (κ2) is 22.4. The third kappa shape index (κ3) is 22.2. The number of rotatable bonds is 20. The molecule has 170 valence electrons. The predicted molar refractivity (Wildman–Crippen MR) is 134 cm³/mol. The number of thiol groups is 2. The van der Waals surface area contributed by atoms with E-state index in [-0.39, 0.29) is 11.9 Å². The summed E-state index contributed by atoms with van der Waals surface area (Å²) in [5.41, 5.74) is 0. The van der Waals surface area contributed by atoms with E-state index in [2.05, 4.69) is 39.1 Å². The number of carbonyl (C=O) groups excluding carboxylic acids is 2. The number of ether oxygens (including phenoxy) is 2. The molecule has 0 N–H and O–H groups in total. The van der Waals surface area contributed by atoms with E-state index in [9.17, 15) is 9.59 Å². The fourth-order valence-electron chi connectivity index (χ4n) is 2.73. The van der Waals surface area contributed by atoms with Gasteiger partial charge >= 0.3 is 212 Å². The van der Waals surface area contributed by atoms with Crippen molar-refractivity contribution in [3.63, 3.8) is 0 Å². The van der Waals surface area contributed by atoms with Crippen molar-refractivity contribution in [3.05, 3.63) is 0 Å². The van der Waals surface area contributed by atoms with E-state index in [1.165, 1.54) is 34.6 Å². The van der Waals surface area contributed by atoms with E-state index in [1.807, 2.05) is 0 Å². The minimum atomic E-state index is -0.676. The predicted octanol–water partition coefficient (Wildman–Crippen LogP) is 4.63. The number of hydrogen-bond acceptors (Lipinski definition) is 6. The molecule has 0 rings (SSSR count). The summed E-state index contributed by atoms with van der Waals surface area (Å²) in [5, 5.41) is 0. The van der Waals surface area contributed by atoms with E-state index in [0.717, 1.165) is 32.1 Å². The van der Waals surface area contributed by atoms with E-state index in [4.69, 9.17) is 9.47 Å². The summed E-state index contributed by atoms with van der Waals surface area (Å²) in [4.78, 5) is 23.5. The second-order valence-corrected chi connectivity index (χ2v) is 22.6. The van der Waals surface area contributed by atoms with E-state index in [1.54, 1.807) is 0 Å². The van der Waals surface area contributed by atoms with Crippen LogP contribution in [0.1, 0.15) is 84.5 Å². The zero-order chi connectivity index (χ0) is 21.7. The van der Waals surface area contributed by atoms with Crippen molar-refractivity contribution >= 4 is 79.5 Å². The monoisotopic (exact) mass is 662 g/mol. The molecule has 0 aliphatic heterocycles. The zero-order valence-corrected chi connectivity index (χ0v) is 26.8. The third-order valence-corrected chi connectivity index (χ3v) is 16.1. The molecule has 0 aromatic carbocycles. The van der Waals surface area contributed by atoms with Crippen LogP contribution in [0.5, 0.6) is 0 Å². The van der Waals surface area contributed by atoms with Gasteiger partial charge in [0, 0.05) is 0 Å². The van der Waals surface area contributed by atoms with Gasteiger partial charge in [-0.3, -0.25) is 0 Å². The summed E-state index contributed by atoms with van der Waals surface area (Å²) in [6, 6.07) is 0. The molecule has 4 nitrogen and oxygen atoms in total. The van der Waals surface area contributed by atoms with Crippen molar-refractivity contribution < 1.29 is 19.1 Å². The molecule has 0 fully saturated rings. The molecule has 29 heavy (non-hydrogen) atoms. The first-order chi connectivity index (χ1) is 14.0. The van der Waals surface area contributed by atoms with Gasteiger partial charge in [-0.05, 0) is 0 Å². The maximum atomic E-state index is 11.8. The van der Waals surface area contributed by atoms with Crippen LogP contribution in [-0.4, -0.2) is 74.0 Å². The van der Waals surface area contributed by atoms with Crippen LogP contribution in [0.25, 0.3) is 0 Å². The Morgan fingerprint density at radius 1 is 0.690 bits per heavy atom. The van der Waals surface area contributed by atoms with Gasteiger partial charge in [-0.15, -0.1) is 0 Å². The standard InChI is InChI=1S/C13H22O4S2.2C4H9.2Sn.2H/c14-12(16-8-10-18)6-4-2-1-3-5-7-13(15)17-9-11-19;2*1-3-4-2;;;;/h10-11,18-19H,1-9H2;2*1,3-4H2,2H3;;;;. The molecule has 0 saturated heterocycles. The van der Waals surface area contributed by atoms with Gasteiger partial charge in [-0.25, -0.2) is 0 Å². The summed E-state index contributed by atoms with van der Waals surface area (Å²) in [6.07, 6.45) is 10.8. The molecule has 0 amide bonds. The van der Waals surface area contributed by atoms with E-state index < -0.39 is 42.3 Å². The molecule has 8 heteroatoms. The van der Waals surface area contributed by atoms with E-state index >= 15 is 0 Å². The average molecular weight is 660 g/mol. The molecular weight excluding hydrogens is 618 g/mol. The number of esters is 2.